The number of carbonyl (C=O) groups excluding carboxylic acids is 1. The SMILES string of the molecule is Cc1cc(NC(=O)NC[C@@H](O)c2ccc(F)cc2F)no1. The fraction of sp³-hybridized carbons (Fsp3) is 0.231. The minimum atomic E-state index is -1.30. The van der Waals surface area contributed by atoms with Crippen LogP contribution in [-0.4, -0.2) is 22.8 Å². The van der Waals surface area contributed by atoms with Crippen molar-refractivity contribution >= 4 is 11.8 Å². The molecule has 0 saturated heterocycles. The van der Waals surface area contributed by atoms with E-state index in [4.69, 9.17) is 4.52 Å². The van der Waals surface area contributed by atoms with Gasteiger partial charge in [0.25, 0.3) is 0 Å². The van der Waals surface area contributed by atoms with Gasteiger partial charge >= 0.3 is 6.03 Å². The van der Waals surface area contributed by atoms with Crippen LogP contribution in [0.4, 0.5) is 19.4 Å². The average Bonchev–Trinajstić information content (AvgIpc) is 2.81. The van der Waals surface area contributed by atoms with Crippen molar-refractivity contribution in [1.29, 1.82) is 0 Å². The molecule has 0 saturated carbocycles. The summed E-state index contributed by atoms with van der Waals surface area (Å²) in [5.41, 5.74) is -0.103. The minimum absolute atomic E-state index is 0.103. The summed E-state index contributed by atoms with van der Waals surface area (Å²) >= 11 is 0. The lowest BCUT2D eigenvalue weighted by atomic mass is 10.1. The first-order valence-corrected chi connectivity index (χ1v) is 6.07. The summed E-state index contributed by atoms with van der Waals surface area (Å²) in [4.78, 5) is 11.5. The zero-order valence-electron chi connectivity index (χ0n) is 11.1. The van der Waals surface area contributed by atoms with Crippen LogP contribution in [0.5, 0.6) is 0 Å². The van der Waals surface area contributed by atoms with E-state index in [1.165, 1.54) is 6.07 Å². The van der Waals surface area contributed by atoms with Crippen LogP contribution < -0.4 is 10.6 Å². The van der Waals surface area contributed by atoms with Gasteiger partial charge in [-0.15, -0.1) is 0 Å². The number of aliphatic hydroxyl groups excluding tert-OH is 1. The quantitative estimate of drug-likeness (QED) is 0.806. The van der Waals surface area contributed by atoms with Gasteiger partial charge in [-0.2, -0.15) is 0 Å². The Bertz CT molecular complexity index is 645. The third kappa shape index (κ3) is 3.99. The highest BCUT2D eigenvalue weighted by molar-refractivity contribution is 5.88. The Labute approximate surface area is 118 Å². The van der Waals surface area contributed by atoms with Crippen molar-refractivity contribution in [3.05, 3.63) is 47.2 Å². The number of hydrogen-bond donors (Lipinski definition) is 3. The Balaban J connectivity index is 1.88. The van der Waals surface area contributed by atoms with Gasteiger partial charge in [0, 0.05) is 24.2 Å². The van der Waals surface area contributed by atoms with Gasteiger partial charge in [0.2, 0.25) is 0 Å². The summed E-state index contributed by atoms with van der Waals surface area (Å²) in [7, 11) is 0. The van der Waals surface area contributed by atoms with Crippen molar-refractivity contribution in [3.63, 3.8) is 0 Å². The van der Waals surface area contributed by atoms with E-state index in [9.17, 15) is 18.7 Å². The number of aryl methyl sites for hydroxylation is 1. The fourth-order valence-corrected chi connectivity index (χ4v) is 1.66. The van der Waals surface area contributed by atoms with E-state index in [1.54, 1.807) is 6.92 Å². The number of nitrogens with zero attached hydrogens (tertiary/aromatic N) is 1. The number of amides is 2. The molecular formula is C13H13F2N3O3. The first kappa shape index (κ1) is 14.9. The van der Waals surface area contributed by atoms with Crippen molar-refractivity contribution in [1.82, 2.24) is 10.5 Å². The van der Waals surface area contributed by atoms with E-state index in [0.717, 1.165) is 12.1 Å². The van der Waals surface area contributed by atoms with Crippen molar-refractivity contribution in [2.24, 2.45) is 0 Å². The lowest BCUT2D eigenvalue weighted by molar-refractivity contribution is 0.170. The zero-order chi connectivity index (χ0) is 15.4. The first-order valence-electron chi connectivity index (χ1n) is 6.07. The predicted molar refractivity (Wildman–Crippen MR) is 69.6 cm³/mol. The highest BCUT2D eigenvalue weighted by atomic mass is 19.1. The summed E-state index contributed by atoms with van der Waals surface area (Å²) in [5.74, 6) is -0.876. The van der Waals surface area contributed by atoms with Crippen LogP contribution in [-0.2, 0) is 0 Å². The molecule has 0 aliphatic rings. The van der Waals surface area contributed by atoms with E-state index in [0.29, 0.717) is 11.8 Å². The van der Waals surface area contributed by atoms with Crippen LogP contribution in [0.3, 0.4) is 0 Å². The number of hydrogen-bond acceptors (Lipinski definition) is 4. The molecule has 2 amide bonds. The highest BCUT2D eigenvalue weighted by Crippen LogP contribution is 2.17. The molecule has 0 bridgehead atoms. The number of aromatic nitrogens is 1. The maximum Gasteiger partial charge on any atom is 0.320 e. The van der Waals surface area contributed by atoms with E-state index < -0.39 is 23.8 Å². The van der Waals surface area contributed by atoms with Gasteiger partial charge in [-0.1, -0.05) is 11.2 Å². The number of rotatable bonds is 4. The van der Waals surface area contributed by atoms with Crippen molar-refractivity contribution in [3.8, 4) is 0 Å². The molecule has 1 aromatic heterocycles. The molecule has 1 aromatic carbocycles. The summed E-state index contributed by atoms with van der Waals surface area (Å²) in [6.45, 7) is 1.42. The molecule has 0 fully saturated rings. The molecule has 8 heteroatoms. The molecule has 0 aliphatic heterocycles. The fourth-order valence-electron chi connectivity index (χ4n) is 1.66. The second-order valence-corrected chi connectivity index (χ2v) is 4.34. The van der Waals surface area contributed by atoms with E-state index in [-0.39, 0.29) is 17.9 Å². The van der Waals surface area contributed by atoms with Gasteiger partial charge in [0.15, 0.2) is 5.82 Å². The standard InChI is InChI=1S/C13H13F2N3O3/c1-7-4-12(18-21-7)17-13(20)16-6-11(19)9-3-2-8(14)5-10(9)15/h2-5,11,19H,6H2,1H3,(H2,16,17,18,20)/t11-/m1/s1. The second kappa shape index (κ2) is 6.31. The van der Waals surface area contributed by atoms with Gasteiger partial charge in [-0.25, -0.2) is 13.6 Å². The normalized spacial score (nSPS) is 12.0. The number of carbonyl (C=O) groups is 1. The molecule has 1 atom stereocenters. The van der Waals surface area contributed by atoms with Crippen LogP contribution in [0.2, 0.25) is 0 Å². The third-order valence-electron chi connectivity index (χ3n) is 2.65. The van der Waals surface area contributed by atoms with Gasteiger partial charge in [0.1, 0.15) is 17.4 Å². The lowest BCUT2D eigenvalue weighted by Gasteiger charge is -2.13. The summed E-state index contributed by atoms with van der Waals surface area (Å²) in [6, 6.07) is 3.69. The van der Waals surface area contributed by atoms with Gasteiger partial charge in [-0.3, -0.25) is 5.32 Å². The molecule has 2 aromatic rings. The van der Waals surface area contributed by atoms with Gasteiger partial charge in [-0.05, 0) is 13.0 Å². The van der Waals surface area contributed by atoms with Crippen LogP contribution in [0, 0.1) is 18.6 Å². The van der Waals surface area contributed by atoms with Crippen molar-refractivity contribution in [2.75, 3.05) is 11.9 Å². The molecule has 3 N–H and O–H groups in total. The van der Waals surface area contributed by atoms with E-state index in [2.05, 4.69) is 15.8 Å². The molecule has 6 nitrogen and oxygen atoms in total. The third-order valence-corrected chi connectivity index (χ3v) is 2.65. The van der Waals surface area contributed by atoms with Crippen molar-refractivity contribution in [2.45, 2.75) is 13.0 Å². The maximum atomic E-state index is 13.4. The summed E-state index contributed by atoms with van der Waals surface area (Å²) in [6.07, 6.45) is -1.30. The number of nitrogens with one attached hydrogen (secondary N) is 2. The van der Waals surface area contributed by atoms with Crippen LogP contribution >= 0.6 is 0 Å². The molecule has 0 aliphatic carbocycles. The Hall–Kier alpha value is -2.48. The molecule has 112 valence electrons. The largest absolute Gasteiger partial charge is 0.386 e. The summed E-state index contributed by atoms with van der Waals surface area (Å²) in [5, 5.41) is 18.0. The Kier molecular flexibility index (Phi) is 4.49. The molecule has 0 spiro atoms. The smallest absolute Gasteiger partial charge is 0.320 e. The van der Waals surface area contributed by atoms with E-state index in [1.807, 2.05) is 0 Å². The zero-order valence-corrected chi connectivity index (χ0v) is 11.1. The van der Waals surface area contributed by atoms with Crippen molar-refractivity contribution < 1.29 is 23.2 Å². The van der Waals surface area contributed by atoms with Crippen LogP contribution in [0.15, 0.2) is 28.8 Å². The molecule has 0 radical (unpaired) electrons. The molecular weight excluding hydrogens is 284 g/mol. The predicted octanol–water partition coefficient (Wildman–Crippen LogP) is 2.12. The monoisotopic (exact) mass is 297 g/mol. The number of anilines is 1. The Morgan fingerprint density at radius 1 is 1.43 bits per heavy atom. The molecule has 21 heavy (non-hydrogen) atoms. The van der Waals surface area contributed by atoms with E-state index >= 15 is 0 Å². The van der Waals surface area contributed by atoms with Gasteiger partial charge < -0.3 is 14.9 Å². The Morgan fingerprint density at radius 2 is 2.19 bits per heavy atom. The number of halogens is 2. The maximum absolute atomic E-state index is 13.4. The molecule has 2 rings (SSSR count). The first-order chi connectivity index (χ1) is 9.95. The summed E-state index contributed by atoms with van der Waals surface area (Å²) < 4.78 is 30.9. The van der Waals surface area contributed by atoms with Gasteiger partial charge in [0.05, 0.1) is 6.10 Å². The number of benzene rings is 1. The lowest BCUT2D eigenvalue weighted by Crippen LogP contribution is -2.32. The molecule has 1 heterocycles. The topological polar surface area (TPSA) is 87.4 Å². The second-order valence-electron chi connectivity index (χ2n) is 4.34. The Morgan fingerprint density at radius 3 is 2.81 bits per heavy atom. The minimum Gasteiger partial charge on any atom is -0.386 e. The number of urea groups is 1. The number of aliphatic hydroxyl groups is 1. The molecule has 0 unspecified atom stereocenters. The van der Waals surface area contributed by atoms with Crippen LogP contribution in [0.25, 0.3) is 0 Å². The van der Waals surface area contributed by atoms with Crippen LogP contribution in [0.1, 0.15) is 17.4 Å². The average molecular weight is 297 g/mol. The highest BCUT2D eigenvalue weighted by Gasteiger charge is 2.15.